The van der Waals surface area contributed by atoms with Gasteiger partial charge in [-0.3, -0.25) is 0 Å². The predicted octanol–water partition coefficient (Wildman–Crippen LogP) is 2.26. The van der Waals surface area contributed by atoms with Gasteiger partial charge in [0.05, 0.1) is 0 Å². The zero-order valence-electron chi connectivity index (χ0n) is 16.8. The molecule has 0 aromatic carbocycles. The molecule has 0 aromatic rings. The molecular formula is C19H42N4. The number of hydrogen-bond acceptors (Lipinski definition) is 4. The van der Waals surface area contributed by atoms with Crippen LogP contribution < -0.4 is 10.6 Å². The van der Waals surface area contributed by atoms with Crippen LogP contribution in [0, 0.1) is 10.8 Å². The highest BCUT2D eigenvalue weighted by Crippen LogP contribution is 2.34. The lowest BCUT2D eigenvalue weighted by molar-refractivity contribution is -0.0218. The smallest absolute Gasteiger partial charge is 0.0206 e. The number of nitrogens with one attached hydrogen (secondary N) is 2. The third-order valence-electron chi connectivity index (χ3n) is 5.41. The van der Waals surface area contributed by atoms with Crippen molar-refractivity contribution in [3.63, 3.8) is 0 Å². The molecule has 0 radical (unpaired) electrons. The van der Waals surface area contributed by atoms with E-state index in [9.17, 15) is 0 Å². The molecule has 2 N–H and O–H groups in total. The molecule has 4 rings (SSSR count). The van der Waals surface area contributed by atoms with E-state index in [4.69, 9.17) is 0 Å². The topological polar surface area (TPSA) is 30.5 Å². The summed E-state index contributed by atoms with van der Waals surface area (Å²) in [6.07, 6.45) is 1.41. The van der Waals surface area contributed by atoms with E-state index in [1.54, 1.807) is 0 Å². The van der Waals surface area contributed by atoms with Crippen molar-refractivity contribution >= 4 is 0 Å². The monoisotopic (exact) mass is 326 g/mol. The van der Waals surface area contributed by atoms with E-state index < -0.39 is 0 Å². The van der Waals surface area contributed by atoms with Gasteiger partial charge in [-0.1, -0.05) is 27.7 Å². The molecule has 2 spiro atoms. The molecule has 4 heterocycles. The summed E-state index contributed by atoms with van der Waals surface area (Å²) in [5, 5.41) is 6.67. The fourth-order valence-corrected chi connectivity index (χ4v) is 3.98. The summed E-state index contributed by atoms with van der Waals surface area (Å²) in [6, 6.07) is 0.745. The highest BCUT2D eigenvalue weighted by Gasteiger charge is 2.45. The van der Waals surface area contributed by atoms with Crippen LogP contribution >= 0.6 is 0 Å². The summed E-state index contributed by atoms with van der Waals surface area (Å²) < 4.78 is 0. The van der Waals surface area contributed by atoms with Gasteiger partial charge in [0.15, 0.2) is 0 Å². The normalized spacial score (nSPS) is 26.6. The van der Waals surface area contributed by atoms with Crippen LogP contribution in [0.5, 0.6) is 0 Å². The quantitative estimate of drug-likeness (QED) is 0.774. The predicted molar refractivity (Wildman–Crippen MR) is 102 cm³/mol. The largest absolute Gasteiger partial charge is 0.315 e. The molecular weight excluding hydrogens is 284 g/mol. The Balaban J connectivity index is 0.000000195. The maximum Gasteiger partial charge on any atom is 0.0206 e. The Hall–Kier alpha value is -0.160. The van der Waals surface area contributed by atoms with Gasteiger partial charge >= 0.3 is 0 Å². The van der Waals surface area contributed by atoms with Gasteiger partial charge in [0.2, 0.25) is 0 Å². The van der Waals surface area contributed by atoms with Crippen LogP contribution in [0.4, 0.5) is 0 Å². The maximum atomic E-state index is 3.38. The molecule has 0 saturated carbocycles. The number of rotatable bonds is 1. The van der Waals surface area contributed by atoms with Gasteiger partial charge in [0.1, 0.15) is 0 Å². The van der Waals surface area contributed by atoms with E-state index in [1.165, 1.54) is 58.8 Å². The van der Waals surface area contributed by atoms with Crippen LogP contribution in [0.1, 0.15) is 48.0 Å². The molecule has 4 fully saturated rings. The van der Waals surface area contributed by atoms with E-state index in [0.29, 0.717) is 5.41 Å². The van der Waals surface area contributed by atoms with Crippen molar-refractivity contribution in [1.29, 1.82) is 0 Å². The Bertz CT molecular complexity index is 313. The van der Waals surface area contributed by atoms with E-state index >= 15 is 0 Å². The second-order valence-electron chi connectivity index (χ2n) is 7.69. The molecule has 4 aliphatic heterocycles. The number of hydrogen-bond donors (Lipinski definition) is 2. The Morgan fingerprint density at radius 3 is 1.43 bits per heavy atom. The Morgan fingerprint density at radius 1 is 0.783 bits per heavy atom. The summed E-state index contributed by atoms with van der Waals surface area (Å²) in [4.78, 5) is 4.97. The van der Waals surface area contributed by atoms with E-state index in [2.05, 4.69) is 41.3 Å². The van der Waals surface area contributed by atoms with Crippen molar-refractivity contribution in [2.75, 3.05) is 59.4 Å². The van der Waals surface area contributed by atoms with Gasteiger partial charge in [-0.05, 0) is 33.9 Å². The molecule has 0 aliphatic carbocycles. The lowest BCUT2D eigenvalue weighted by atomic mass is 9.75. The second-order valence-corrected chi connectivity index (χ2v) is 7.69. The average Bonchev–Trinajstić information content (AvgIpc) is 2.93. The molecule has 4 heteroatoms. The van der Waals surface area contributed by atoms with Crippen molar-refractivity contribution in [2.24, 2.45) is 10.8 Å². The average molecular weight is 327 g/mol. The first-order valence-electron chi connectivity index (χ1n) is 9.87. The van der Waals surface area contributed by atoms with Crippen molar-refractivity contribution < 1.29 is 0 Å². The van der Waals surface area contributed by atoms with Crippen molar-refractivity contribution in [1.82, 2.24) is 20.4 Å². The molecule has 0 aromatic heterocycles. The Morgan fingerprint density at radius 2 is 1.26 bits per heavy atom. The summed E-state index contributed by atoms with van der Waals surface area (Å²) in [5.41, 5.74) is 1.42. The van der Waals surface area contributed by atoms with Gasteiger partial charge in [0, 0.05) is 62.7 Å². The number of nitrogens with zero attached hydrogens (tertiary/aromatic N) is 2. The summed E-state index contributed by atoms with van der Waals surface area (Å²) in [7, 11) is 2.18. The Labute approximate surface area is 145 Å². The fraction of sp³-hybridized carbons (Fsp3) is 1.00. The van der Waals surface area contributed by atoms with Crippen LogP contribution in [-0.4, -0.2) is 75.2 Å². The zero-order chi connectivity index (χ0) is 17.5. The second kappa shape index (κ2) is 9.36. The Kier molecular flexibility index (Phi) is 8.50. The van der Waals surface area contributed by atoms with Crippen LogP contribution in [0.25, 0.3) is 0 Å². The van der Waals surface area contributed by atoms with Crippen molar-refractivity contribution in [2.45, 2.75) is 54.0 Å². The van der Waals surface area contributed by atoms with Crippen LogP contribution in [0.2, 0.25) is 0 Å². The van der Waals surface area contributed by atoms with Gasteiger partial charge in [-0.25, -0.2) is 0 Å². The minimum atomic E-state index is 0.685. The molecule has 23 heavy (non-hydrogen) atoms. The molecule has 0 unspecified atom stereocenters. The van der Waals surface area contributed by atoms with Gasteiger partial charge in [0.25, 0.3) is 0 Å². The molecule has 4 aliphatic rings. The maximum absolute atomic E-state index is 3.38. The van der Waals surface area contributed by atoms with Crippen LogP contribution in [0.15, 0.2) is 0 Å². The molecule has 138 valence electrons. The van der Waals surface area contributed by atoms with Crippen LogP contribution in [-0.2, 0) is 0 Å². The number of likely N-dealkylation sites (tertiary alicyclic amines) is 2. The molecule has 0 bridgehead atoms. The summed E-state index contributed by atoms with van der Waals surface area (Å²) in [5.74, 6) is 0. The highest BCUT2D eigenvalue weighted by atomic mass is 15.2. The highest BCUT2D eigenvalue weighted by molar-refractivity contribution is 5.02. The van der Waals surface area contributed by atoms with Gasteiger partial charge < -0.3 is 20.4 Å². The first-order valence-corrected chi connectivity index (χ1v) is 9.87. The van der Waals surface area contributed by atoms with Gasteiger partial charge in [-0.2, -0.15) is 0 Å². The minimum Gasteiger partial charge on any atom is -0.315 e. The standard InChI is InChI=1S/C9H18N2.C6H12N2.2C2H6/c1-8(2)11-4-3-9(7-11)5-10-6-9;1-8-4-6(5-8)2-7-3-6;2*1-2/h8,10H,3-7H2,1-2H3;7H,2-5H2,1H3;2*1-2H3. The third-order valence-corrected chi connectivity index (χ3v) is 5.41. The summed E-state index contributed by atoms with van der Waals surface area (Å²) >= 11 is 0. The lowest BCUT2D eigenvalue weighted by Gasteiger charge is -2.55. The summed E-state index contributed by atoms with van der Waals surface area (Å²) in [6.45, 7) is 22.9. The van der Waals surface area contributed by atoms with Crippen molar-refractivity contribution in [3.05, 3.63) is 0 Å². The minimum absolute atomic E-state index is 0.685. The molecule has 4 nitrogen and oxygen atoms in total. The third kappa shape index (κ3) is 5.15. The van der Waals surface area contributed by atoms with E-state index in [0.717, 1.165) is 11.5 Å². The molecule has 4 saturated heterocycles. The van der Waals surface area contributed by atoms with Crippen molar-refractivity contribution in [3.8, 4) is 0 Å². The van der Waals surface area contributed by atoms with Gasteiger partial charge in [-0.15, -0.1) is 0 Å². The molecule has 0 amide bonds. The van der Waals surface area contributed by atoms with Crippen LogP contribution in [0.3, 0.4) is 0 Å². The fourth-order valence-electron chi connectivity index (χ4n) is 3.98. The lowest BCUT2D eigenvalue weighted by Crippen LogP contribution is -2.69. The molecule has 0 atom stereocenters. The first kappa shape index (κ1) is 20.9. The zero-order valence-corrected chi connectivity index (χ0v) is 16.8. The van der Waals surface area contributed by atoms with E-state index in [1.807, 2.05) is 27.7 Å². The SMILES string of the molecule is CC.CC.CC(C)N1CCC2(CNC2)C1.CN1CC2(CNC2)C1. The first-order chi connectivity index (χ1) is 11.0. The van der Waals surface area contributed by atoms with E-state index in [-0.39, 0.29) is 0 Å².